The minimum Gasteiger partial charge on any atom is -0.481 e. The molecule has 7 heteroatoms. The number of aryl methyl sites for hydroxylation is 2. The van der Waals surface area contributed by atoms with Crippen molar-refractivity contribution < 1.29 is 19.0 Å². The maximum absolute atomic E-state index is 12.0. The molecule has 0 unspecified atom stereocenters. The van der Waals surface area contributed by atoms with Gasteiger partial charge in [0.05, 0.1) is 17.2 Å². The fourth-order valence-corrected chi connectivity index (χ4v) is 2.98. The van der Waals surface area contributed by atoms with E-state index >= 15 is 0 Å². The van der Waals surface area contributed by atoms with Crippen molar-refractivity contribution in [3.8, 4) is 29.1 Å². The maximum Gasteiger partial charge on any atom is 0.264 e. The summed E-state index contributed by atoms with van der Waals surface area (Å²) in [5.41, 5.74) is 0.745. The molecule has 0 fully saturated rings. The number of nitrogens with zero attached hydrogens (tertiary/aromatic N) is 1. The summed E-state index contributed by atoms with van der Waals surface area (Å²) in [6.45, 7) is 4.43. The van der Waals surface area contributed by atoms with Gasteiger partial charge in [0.15, 0.2) is 11.5 Å². The van der Waals surface area contributed by atoms with Gasteiger partial charge in [-0.3, -0.25) is 4.79 Å². The average Bonchev–Trinajstić information content (AvgIpc) is 3.15. The Morgan fingerprint density at radius 1 is 1.33 bits per heavy atom. The third-order valence-corrected chi connectivity index (χ3v) is 4.30. The Morgan fingerprint density at radius 3 is 2.96 bits per heavy atom. The molecule has 0 bridgehead atoms. The van der Waals surface area contributed by atoms with Crippen LogP contribution < -0.4 is 19.5 Å². The van der Waals surface area contributed by atoms with Gasteiger partial charge in [-0.2, -0.15) is 0 Å². The fraction of sp³-hybridized carbons (Fsp3) is 0.294. The first-order chi connectivity index (χ1) is 11.6. The van der Waals surface area contributed by atoms with Crippen LogP contribution in [-0.4, -0.2) is 30.8 Å². The quantitative estimate of drug-likeness (QED) is 0.862. The molecule has 124 valence electrons. The summed E-state index contributed by atoms with van der Waals surface area (Å²) in [5, 5.41) is 3.63. The van der Waals surface area contributed by atoms with Crippen molar-refractivity contribution in [3.63, 3.8) is 0 Å². The third-order valence-electron chi connectivity index (χ3n) is 3.23. The van der Waals surface area contributed by atoms with E-state index in [1.54, 1.807) is 18.2 Å². The van der Waals surface area contributed by atoms with Crippen molar-refractivity contribution in [2.24, 2.45) is 0 Å². The van der Waals surface area contributed by atoms with Crippen LogP contribution in [0.1, 0.15) is 20.4 Å². The molecular formula is C17H16N2O4S. The SMILES string of the molecule is Cc1nc(C)c(C(=O)NCC#CCOc2ccc3c(c2)OCO3)s1. The molecule has 2 heterocycles. The van der Waals surface area contributed by atoms with E-state index in [0.29, 0.717) is 22.1 Å². The van der Waals surface area contributed by atoms with E-state index < -0.39 is 0 Å². The van der Waals surface area contributed by atoms with Crippen LogP contribution in [0.5, 0.6) is 17.2 Å². The number of carbonyl (C=O) groups excluding carboxylic acids is 1. The van der Waals surface area contributed by atoms with Crippen LogP contribution in [-0.2, 0) is 0 Å². The highest BCUT2D eigenvalue weighted by molar-refractivity contribution is 7.13. The summed E-state index contributed by atoms with van der Waals surface area (Å²) in [4.78, 5) is 16.8. The zero-order valence-electron chi connectivity index (χ0n) is 13.3. The summed E-state index contributed by atoms with van der Waals surface area (Å²) in [6, 6.07) is 5.36. The van der Waals surface area contributed by atoms with Gasteiger partial charge >= 0.3 is 0 Å². The number of carbonyl (C=O) groups is 1. The second kappa shape index (κ2) is 7.23. The molecule has 1 amide bonds. The van der Waals surface area contributed by atoms with Gasteiger partial charge in [0.2, 0.25) is 6.79 Å². The molecule has 1 aliphatic rings. The highest BCUT2D eigenvalue weighted by Crippen LogP contribution is 2.34. The molecule has 0 saturated carbocycles. The van der Waals surface area contributed by atoms with E-state index in [9.17, 15) is 4.79 Å². The Labute approximate surface area is 143 Å². The number of amides is 1. The number of thiazole rings is 1. The van der Waals surface area contributed by atoms with Crippen molar-refractivity contribution in [1.82, 2.24) is 10.3 Å². The number of hydrogen-bond donors (Lipinski definition) is 1. The normalized spacial score (nSPS) is 11.6. The number of fused-ring (bicyclic) bond motifs is 1. The highest BCUT2D eigenvalue weighted by Gasteiger charge is 2.13. The van der Waals surface area contributed by atoms with Crippen LogP contribution in [0.2, 0.25) is 0 Å². The molecule has 1 aliphatic heterocycles. The fourth-order valence-electron chi connectivity index (χ4n) is 2.15. The zero-order valence-corrected chi connectivity index (χ0v) is 14.2. The molecule has 6 nitrogen and oxygen atoms in total. The Bertz CT molecular complexity index is 820. The lowest BCUT2D eigenvalue weighted by Crippen LogP contribution is -2.23. The van der Waals surface area contributed by atoms with Gasteiger partial charge in [-0.25, -0.2) is 4.98 Å². The number of aromatic nitrogens is 1. The first kappa shape index (κ1) is 16.1. The number of rotatable bonds is 4. The van der Waals surface area contributed by atoms with E-state index in [1.165, 1.54) is 11.3 Å². The molecule has 24 heavy (non-hydrogen) atoms. The number of hydrogen-bond acceptors (Lipinski definition) is 6. The van der Waals surface area contributed by atoms with E-state index in [0.717, 1.165) is 10.7 Å². The molecular weight excluding hydrogens is 328 g/mol. The third kappa shape index (κ3) is 3.78. The van der Waals surface area contributed by atoms with Crippen molar-refractivity contribution in [2.75, 3.05) is 19.9 Å². The maximum atomic E-state index is 12.0. The van der Waals surface area contributed by atoms with Gasteiger partial charge in [0.1, 0.15) is 17.2 Å². The standard InChI is InChI=1S/C17H16N2O4S/c1-11-16(24-12(2)19-11)17(20)18-7-3-4-8-21-13-5-6-14-15(9-13)23-10-22-14/h5-6,9H,7-8,10H2,1-2H3,(H,18,20). The second-order valence-electron chi connectivity index (χ2n) is 4.99. The van der Waals surface area contributed by atoms with Crippen LogP contribution >= 0.6 is 11.3 Å². The first-order valence-corrected chi connectivity index (χ1v) is 8.15. The summed E-state index contributed by atoms with van der Waals surface area (Å²) >= 11 is 1.38. The Hall–Kier alpha value is -2.72. The van der Waals surface area contributed by atoms with Crippen molar-refractivity contribution in [2.45, 2.75) is 13.8 Å². The Morgan fingerprint density at radius 2 is 2.17 bits per heavy atom. The van der Waals surface area contributed by atoms with E-state index in [1.807, 2.05) is 13.8 Å². The molecule has 1 N–H and O–H groups in total. The van der Waals surface area contributed by atoms with E-state index in [-0.39, 0.29) is 25.9 Å². The van der Waals surface area contributed by atoms with Crippen LogP contribution in [0, 0.1) is 25.7 Å². The van der Waals surface area contributed by atoms with E-state index in [4.69, 9.17) is 14.2 Å². The Balaban J connectivity index is 1.43. The summed E-state index contributed by atoms with van der Waals surface area (Å²) in [7, 11) is 0. The lowest BCUT2D eigenvalue weighted by atomic mass is 10.3. The number of nitrogens with one attached hydrogen (secondary N) is 1. The van der Waals surface area contributed by atoms with Gasteiger partial charge in [-0.05, 0) is 26.0 Å². The lowest BCUT2D eigenvalue weighted by Gasteiger charge is -2.03. The van der Waals surface area contributed by atoms with Crippen LogP contribution in [0.3, 0.4) is 0 Å². The molecule has 3 rings (SSSR count). The molecule has 0 saturated heterocycles. The highest BCUT2D eigenvalue weighted by atomic mass is 32.1. The molecule has 0 aliphatic carbocycles. The van der Waals surface area contributed by atoms with E-state index in [2.05, 4.69) is 22.1 Å². The summed E-state index contributed by atoms with van der Waals surface area (Å²) in [5.74, 6) is 7.61. The number of ether oxygens (including phenoxy) is 3. The predicted octanol–water partition coefficient (Wildman–Crippen LogP) is 2.30. The molecule has 2 aromatic rings. The Kier molecular flexibility index (Phi) is 4.87. The molecule has 1 aromatic heterocycles. The molecule has 0 spiro atoms. The monoisotopic (exact) mass is 344 g/mol. The summed E-state index contributed by atoms with van der Waals surface area (Å²) < 4.78 is 16.0. The smallest absolute Gasteiger partial charge is 0.264 e. The lowest BCUT2D eigenvalue weighted by molar-refractivity contribution is 0.0962. The summed E-state index contributed by atoms with van der Waals surface area (Å²) in [6.07, 6.45) is 0. The van der Waals surface area contributed by atoms with Crippen molar-refractivity contribution in [3.05, 3.63) is 33.8 Å². The van der Waals surface area contributed by atoms with Crippen LogP contribution in [0.4, 0.5) is 0 Å². The van der Waals surface area contributed by atoms with Crippen LogP contribution in [0.25, 0.3) is 0 Å². The van der Waals surface area contributed by atoms with Gasteiger partial charge in [0, 0.05) is 6.07 Å². The molecule has 1 aromatic carbocycles. The average molecular weight is 344 g/mol. The predicted molar refractivity (Wildman–Crippen MR) is 89.8 cm³/mol. The minimum atomic E-state index is -0.149. The van der Waals surface area contributed by atoms with Gasteiger partial charge < -0.3 is 19.5 Å². The first-order valence-electron chi connectivity index (χ1n) is 7.34. The van der Waals surface area contributed by atoms with Crippen molar-refractivity contribution in [1.29, 1.82) is 0 Å². The topological polar surface area (TPSA) is 69.7 Å². The van der Waals surface area contributed by atoms with Crippen LogP contribution in [0.15, 0.2) is 18.2 Å². The zero-order chi connectivity index (χ0) is 16.9. The largest absolute Gasteiger partial charge is 0.481 e. The van der Waals surface area contributed by atoms with Crippen molar-refractivity contribution >= 4 is 17.2 Å². The number of benzene rings is 1. The minimum absolute atomic E-state index is 0.149. The molecule has 0 radical (unpaired) electrons. The van der Waals surface area contributed by atoms with Gasteiger partial charge in [0.25, 0.3) is 5.91 Å². The molecule has 0 atom stereocenters. The second-order valence-corrected chi connectivity index (χ2v) is 6.19. The van der Waals surface area contributed by atoms with Gasteiger partial charge in [-0.15, -0.1) is 11.3 Å². The van der Waals surface area contributed by atoms with Gasteiger partial charge in [-0.1, -0.05) is 11.8 Å².